The van der Waals surface area contributed by atoms with Crippen LogP contribution in [0.1, 0.15) is 45.1 Å². The van der Waals surface area contributed by atoms with E-state index in [2.05, 4.69) is 13.0 Å². The number of halogens is 1. The second kappa shape index (κ2) is 5.15. The molecule has 2 rings (SSSR count). The summed E-state index contributed by atoms with van der Waals surface area (Å²) in [6.07, 6.45) is 3.50. The minimum absolute atomic E-state index is 0.641. The Morgan fingerprint density at radius 3 is 2.32 bits per heavy atom. The average Bonchev–Trinajstić information content (AvgIpc) is 2.40. The first kappa shape index (κ1) is 14.4. The number of rotatable bonds is 2. The number of aliphatic hydroxyl groups is 1. The lowest BCUT2D eigenvalue weighted by Gasteiger charge is -2.44. The molecule has 0 bridgehead atoms. The van der Waals surface area contributed by atoms with Gasteiger partial charge in [0.15, 0.2) is 0 Å². The molecule has 1 fully saturated rings. The summed E-state index contributed by atoms with van der Waals surface area (Å²) in [7, 11) is 0. The summed E-state index contributed by atoms with van der Waals surface area (Å²) in [6.45, 7) is 3.97. The van der Waals surface area contributed by atoms with Crippen molar-refractivity contribution in [3.63, 3.8) is 0 Å². The van der Waals surface area contributed by atoms with Gasteiger partial charge in [-0.1, -0.05) is 30.7 Å². The van der Waals surface area contributed by atoms with Crippen LogP contribution in [0.5, 0.6) is 0 Å². The van der Waals surface area contributed by atoms with Crippen molar-refractivity contribution in [1.82, 2.24) is 0 Å². The highest BCUT2D eigenvalue weighted by molar-refractivity contribution is 6.30. The standard InChI is InChI=1S/C16H20ClNO/c1-12-7-9-16(11-18,10-8-12)15(2,19)13-3-5-14(17)6-4-13/h3-6,12,19H,7-10H2,1-2H3. The van der Waals surface area contributed by atoms with E-state index >= 15 is 0 Å². The van der Waals surface area contributed by atoms with Crippen LogP contribution < -0.4 is 0 Å². The minimum Gasteiger partial charge on any atom is -0.384 e. The van der Waals surface area contributed by atoms with Crippen LogP contribution in [0.3, 0.4) is 0 Å². The molecule has 3 heteroatoms. The van der Waals surface area contributed by atoms with E-state index in [4.69, 9.17) is 11.6 Å². The number of nitriles is 1. The van der Waals surface area contributed by atoms with Gasteiger partial charge in [0.2, 0.25) is 0 Å². The van der Waals surface area contributed by atoms with Crippen LogP contribution >= 0.6 is 11.6 Å². The van der Waals surface area contributed by atoms with E-state index in [0.29, 0.717) is 10.9 Å². The van der Waals surface area contributed by atoms with Gasteiger partial charge < -0.3 is 5.11 Å². The highest BCUT2D eigenvalue weighted by Gasteiger charge is 2.49. The zero-order chi connectivity index (χ0) is 14.1. The van der Waals surface area contributed by atoms with Crippen molar-refractivity contribution in [3.05, 3.63) is 34.9 Å². The lowest BCUT2D eigenvalue weighted by Crippen LogP contribution is -2.44. The molecule has 1 aliphatic carbocycles. The Bertz CT molecular complexity index is 478. The van der Waals surface area contributed by atoms with E-state index in [-0.39, 0.29) is 0 Å². The second-order valence-corrected chi connectivity index (χ2v) is 6.39. The summed E-state index contributed by atoms with van der Waals surface area (Å²) >= 11 is 5.89. The first-order valence-corrected chi connectivity index (χ1v) is 7.19. The molecule has 19 heavy (non-hydrogen) atoms. The maximum Gasteiger partial charge on any atom is 0.105 e. The van der Waals surface area contributed by atoms with Crippen molar-refractivity contribution in [2.24, 2.45) is 11.3 Å². The molecule has 0 aliphatic heterocycles. The van der Waals surface area contributed by atoms with E-state index in [1.807, 2.05) is 12.1 Å². The van der Waals surface area contributed by atoms with Gasteiger partial charge in [0.1, 0.15) is 5.60 Å². The third-order valence-corrected chi connectivity index (χ3v) is 4.93. The van der Waals surface area contributed by atoms with Crippen LogP contribution in [0.15, 0.2) is 24.3 Å². The first-order chi connectivity index (χ1) is 8.91. The molecule has 0 spiro atoms. The van der Waals surface area contributed by atoms with Crippen LogP contribution in [0, 0.1) is 22.7 Å². The largest absolute Gasteiger partial charge is 0.384 e. The van der Waals surface area contributed by atoms with Crippen LogP contribution in [-0.2, 0) is 5.60 Å². The minimum atomic E-state index is -1.13. The molecule has 1 aromatic rings. The molecule has 1 aliphatic rings. The molecule has 0 radical (unpaired) electrons. The fourth-order valence-electron chi connectivity index (χ4n) is 3.01. The highest BCUT2D eigenvalue weighted by atomic mass is 35.5. The van der Waals surface area contributed by atoms with Crippen LogP contribution in [0.4, 0.5) is 0 Å². The van der Waals surface area contributed by atoms with Crippen molar-refractivity contribution < 1.29 is 5.11 Å². The Labute approximate surface area is 120 Å². The molecule has 102 valence electrons. The predicted molar refractivity (Wildman–Crippen MR) is 76.7 cm³/mol. The summed E-state index contributed by atoms with van der Waals surface area (Å²) in [5.74, 6) is 0.641. The number of nitrogens with zero attached hydrogens (tertiary/aromatic N) is 1. The molecule has 0 aromatic heterocycles. The number of hydrogen-bond acceptors (Lipinski definition) is 2. The van der Waals surface area contributed by atoms with Crippen LogP contribution in [0.2, 0.25) is 5.02 Å². The normalized spacial score (nSPS) is 30.4. The topological polar surface area (TPSA) is 44.0 Å². The van der Waals surface area contributed by atoms with E-state index in [0.717, 1.165) is 31.2 Å². The lowest BCUT2D eigenvalue weighted by atomic mass is 9.61. The van der Waals surface area contributed by atoms with Gasteiger partial charge in [-0.25, -0.2) is 0 Å². The lowest BCUT2D eigenvalue weighted by molar-refractivity contribution is -0.0686. The third kappa shape index (κ3) is 2.50. The Hall–Kier alpha value is -1.04. The van der Waals surface area contributed by atoms with Gasteiger partial charge in [-0.2, -0.15) is 5.26 Å². The van der Waals surface area contributed by atoms with Crippen molar-refractivity contribution in [1.29, 1.82) is 5.26 Å². The summed E-state index contributed by atoms with van der Waals surface area (Å²) in [5.41, 5.74) is -1.05. The summed E-state index contributed by atoms with van der Waals surface area (Å²) in [6, 6.07) is 9.58. The smallest absolute Gasteiger partial charge is 0.105 e. The summed E-state index contributed by atoms with van der Waals surface area (Å²) in [5, 5.41) is 21.3. The Morgan fingerprint density at radius 2 is 1.84 bits per heavy atom. The van der Waals surface area contributed by atoms with Crippen molar-refractivity contribution in [2.45, 2.75) is 45.1 Å². The molecule has 0 amide bonds. The van der Waals surface area contributed by atoms with Crippen molar-refractivity contribution in [2.75, 3.05) is 0 Å². The maximum atomic E-state index is 11.0. The maximum absolute atomic E-state index is 11.0. The zero-order valence-corrected chi connectivity index (χ0v) is 12.2. The highest BCUT2D eigenvalue weighted by Crippen LogP contribution is 2.50. The van der Waals surface area contributed by atoms with Gasteiger partial charge in [-0.15, -0.1) is 0 Å². The summed E-state index contributed by atoms with van der Waals surface area (Å²) in [4.78, 5) is 0. The van der Waals surface area contributed by atoms with E-state index < -0.39 is 11.0 Å². The van der Waals surface area contributed by atoms with Gasteiger partial charge in [0.05, 0.1) is 11.5 Å². The van der Waals surface area contributed by atoms with Crippen molar-refractivity contribution in [3.8, 4) is 6.07 Å². The molecule has 1 aromatic carbocycles. The van der Waals surface area contributed by atoms with Gasteiger partial charge in [0.25, 0.3) is 0 Å². The predicted octanol–water partition coefficient (Wildman–Crippen LogP) is 4.27. The van der Waals surface area contributed by atoms with Crippen LogP contribution in [0.25, 0.3) is 0 Å². The fourth-order valence-corrected chi connectivity index (χ4v) is 3.14. The molecule has 1 saturated carbocycles. The molecule has 2 nitrogen and oxygen atoms in total. The molecule has 1 unspecified atom stereocenters. The molecule has 1 N–H and O–H groups in total. The van der Waals surface area contributed by atoms with Gasteiger partial charge in [-0.05, 0) is 56.2 Å². The quantitative estimate of drug-likeness (QED) is 0.877. The molecular formula is C16H20ClNO. The van der Waals surface area contributed by atoms with Gasteiger partial charge in [0, 0.05) is 5.02 Å². The third-order valence-electron chi connectivity index (χ3n) is 4.68. The Kier molecular flexibility index (Phi) is 3.90. The van der Waals surface area contributed by atoms with Crippen molar-refractivity contribution >= 4 is 11.6 Å². The monoisotopic (exact) mass is 277 g/mol. The van der Waals surface area contributed by atoms with Gasteiger partial charge >= 0.3 is 0 Å². The number of benzene rings is 1. The average molecular weight is 278 g/mol. The van der Waals surface area contributed by atoms with E-state index in [9.17, 15) is 10.4 Å². The van der Waals surface area contributed by atoms with E-state index in [1.165, 1.54) is 0 Å². The van der Waals surface area contributed by atoms with E-state index in [1.54, 1.807) is 19.1 Å². The number of hydrogen-bond donors (Lipinski definition) is 1. The Balaban J connectivity index is 2.36. The molecule has 0 heterocycles. The molecular weight excluding hydrogens is 258 g/mol. The molecule has 1 atom stereocenters. The SMILES string of the molecule is CC1CCC(C#N)(C(C)(O)c2ccc(Cl)cc2)CC1. The van der Waals surface area contributed by atoms with Gasteiger partial charge in [-0.3, -0.25) is 0 Å². The fraction of sp³-hybridized carbons (Fsp3) is 0.562. The second-order valence-electron chi connectivity index (χ2n) is 5.96. The van der Waals surface area contributed by atoms with Crippen LogP contribution in [-0.4, -0.2) is 5.11 Å². The molecule has 0 saturated heterocycles. The summed E-state index contributed by atoms with van der Waals surface area (Å²) < 4.78 is 0. The Morgan fingerprint density at radius 1 is 1.32 bits per heavy atom. The zero-order valence-electron chi connectivity index (χ0n) is 11.5. The first-order valence-electron chi connectivity index (χ1n) is 6.81.